The van der Waals surface area contributed by atoms with E-state index in [4.69, 9.17) is 4.74 Å². The smallest absolute Gasteiger partial charge is 0.251 e. The molecule has 0 radical (unpaired) electrons. The summed E-state index contributed by atoms with van der Waals surface area (Å²) in [4.78, 5) is 35.4. The van der Waals surface area contributed by atoms with Crippen molar-refractivity contribution in [3.63, 3.8) is 0 Å². The minimum absolute atomic E-state index is 0.141. The van der Waals surface area contributed by atoms with Crippen LogP contribution in [0.25, 0.3) is 11.0 Å². The first-order valence-electron chi connectivity index (χ1n) is 11.1. The van der Waals surface area contributed by atoms with Gasteiger partial charge in [-0.05, 0) is 56.2 Å². The van der Waals surface area contributed by atoms with Crippen LogP contribution in [0.1, 0.15) is 61.8 Å². The van der Waals surface area contributed by atoms with E-state index in [1.54, 1.807) is 31.4 Å². The fraction of sp³-hybridized carbons (Fsp3) is 0.400. The van der Waals surface area contributed by atoms with Crippen LogP contribution in [0.4, 0.5) is 5.69 Å². The Morgan fingerprint density at radius 2 is 2.03 bits per heavy atom. The van der Waals surface area contributed by atoms with E-state index in [9.17, 15) is 9.59 Å². The van der Waals surface area contributed by atoms with E-state index < -0.39 is 5.41 Å². The van der Waals surface area contributed by atoms with Crippen molar-refractivity contribution in [2.45, 2.75) is 52.0 Å². The molecule has 2 heterocycles. The van der Waals surface area contributed by atoms with E-state index >= 15 is 0 Å². The lowest BCUT2D eigenvalue weighted by atomic mass is 9.86. The zero-order valence-electron chi connectivity index (χ0n) is 19.1. The fourth-order valence-corrected chi connectivity index (χ4v) is 4.24. The van der Waals surface area contributed by atoms with Gasteiger partial charge in [-0.2, -0.15) is 0 Å². The first kappa shape index (κ1) is 21.9. The topological polar surface area (TPSA) is 87.3 Å². The zero-order valence-corrected chi connectivity index (χ0v) is 19.1. The van der Waals surface area contributed by atoms with Crippen molar-refractivity contribution in [2.24, 2.45) is 0 Å². The van der Waals surface area contributed by atoms with Gasteiger partial charge in [0.05, 0.1) is 35.8 Å². The first-order valence-corrected chi connectivity index (χ1v) is 11.1. The molecule has 0 saturated carbocycles. The number of imidazole rings is 1. The molecule has 32 heavy (non-hydrogen) atoms. The lowest BCUT2D eigenvalue weighted by Crippen LogP contribution is -2.36. The highest BCUT2D eigenvalue weighted by molar-refractivity contribution is 6.09. The average molecular weight is 435 g/mol. The SMILES string of the molecule is CCCCCN1C(=O)C(C)(C)c2cc3[nH]c(CNC(=O)c4cccc(OC)c4)nc3cc21. The Hall–Kier alpha value is -3.35. The summed E-state index contributed by atoms with van der Waals surface area (Å²) < 4.78 is 5.18. The Morgan fingerprint density at radius 3 is 2.78 bits per heavy atom. The largest absolute Gasteiger partial charge is 0.497 e. The highest BCUT2D eigenvalue weighted by atomic mass is 16.5. The molecule has 0 fully saturated rings. The second-order valence-electron chi connectivity index (χ2n) is 8.77. The number of nitrogens with zero attached hydrogens (tertiary/aromatic N) is 2. The van der Waals surface area contributed by atoms with E-state index in [1.807, 2.05) is 30.9 Å². The summed E-state index contributed by atoms with van der Waals surface area (Å²) in [5, 5.41) is 2.90. The van der Waals surface area contributed by atoms with Crippen molar-refractivity contribution in [3.05, 3.63) is 53.3 Å². The van der Waals surface area contributed by atoms with Crippen LogP contribution in [0.3, 0.4) is 0 Å². The molecular formula is C25H30N4O3. The number of hydrogen-bond acceptors (Lipinski definition) is 4. The average Bonchev–Trinajstić information content (AvgIpc) is 3.28. The number of hydrogen-bond donors (Lipinski definition) is 2. The number of methoxy groups -OCH3 is 1. The molecule has 1 aliphatic rings. The number of aromatic nitrogens is 2. The molecule has 0 spiro atoms. The molecule has 7 nitrogen and oxygen atoms in total. The van der Waals surface area contributed by atoms with E-state index in [0.29, 0.717) is 17.1 Å². The van der Waals surface area contributed by atoms with Crippen molar-refractivity contribution in [1.82, 2.24) is 15.3 Å². The van der Waals surface area contributed by atoms with Gasteiger partial charge < -0.3 is 19.9 Å². The summed E-state index contributed by atoms with van der Waals surface area (Å²) in [6.45, 7) is 7.11. The molecular weight excluding hydrogens is 404 g/mol. The number of ether oxygens (including phenoxy) is 1. The van der Waals surface area contributed by atoms with E-state index in [0.717, 1.165) is 48.1 Å². The van der Waals surface area contributed by atoms with Gasteiger partial charge in [-0.1, -0.05) is 25.8 Å². The lowest BCUT2D eigenvalue weighted by Gasteiger charge is -2.20. The van der Waals surface area contributed by atoms with E-state index in [-0.39, 0.29) is 18.4 Å². The lowest BCUT2D eigenvalue weighted by molar-refractivity contribution is -0.122. The van der Waals surface area contributed by atoms with Crippen LogP contribution in [0, 0.1) is 0 Å². The summed E-state index contributed by atoms with van der Waals surface area (Å²) in [6, 6.07) is 11.0. The van der Waals surface area contributed by atoms with Gasteiger partial charge >= 0.3 is 0 Å². The summed E-state index contributed by atoms with van der Waals surface area (Å²) in [6.07, 6.45) is 3.20. The van der Waals surface area contributed by atoms with Crippen LogP contribution in [-0.4, -0.2) is 35.4 Å². The quantitative estimate of drug-likeness (QED) is 0.517. The van der Waals surface area contributed by atoms with Crippen LogP contribution >= 0.6 is 0 Å². The predicted molar refractivity (Wildman–Crippen MR) is 125 cm³/mol. The molecule has 1 aliphatic heterocycles. The highest BCUT2D eigenvalue weighted by Crippen LogP contribution is 2.43. The second-order valence-corrected chi connectivity index (χ2v) is 8.77. The third kappa shape index (κ3) is 3.95. The summed E-state index contributed by atoms with van der Waals surface area (Å²) in [5.41, 5.74) is 3.58. The molecule has 2 N–H and O–H groups in total. The van der Waals surface area contributed by atoms with E-state index in [1.165, 1.54) is 0 Å². The maximum absolute atomic E-state index is 13.0. The summed E-state index contributed by atoms with van der Waals surface area (Å²) in [5.74, 6) is 1.25. The molecule has 0 bridgehead atoms. The number of anilines is 1. The van der Waals surface area contributed by atoms with Crippen LogP contribution in [-0.2, 0) is 16.8 Å². The molecule has 4 rings (SSSR count). The summed E-state index contributed by atoms with van der Waals surface area (Å²) >= 11 is 0. The molecule has 1 aromatic heterocycles. The van der Waals surface area contributed by atoms with Crippen molar-refractivity contribution in [1.29, 1.82) is 0 Å². The van der Waals surface area contributed by atoms with Crippen molar-refractivity contribution in [3.8, 4) is 5.75 Å². The van der Waals surface area contributed by atoms with Crippen molar-refractivity contribution < 1.29 is 14.3 Å². The first-order chi connectivity index (χ1) is 15.3. The Balaban J connectivity index is 1.55. The second kappa shape index (κ2) is 8.65. The van der Waals surface area contributed by atoms with Gasteiger partial charge in [-0.25, -0.2) is 4.98 Å². The minimum atomic E-state index is -0.568. The third-order valence-electron chi connectivity index (χ3n) is 6.13. The summed E-state index contributed by atoms with van der Waals surface area (Å²) in [7, 11) is 1.57. The molecule has 7 heteroatoms. The van der Waals surface area contributed by atoms with Gasteiger partial charge in [0.1, 0.15) is 11.6 Å². The highest BCUT2D eigenvalue weighted by Gasteiger charge is 2.43. The number of rotatable bonds is 8. The normalized spacial score (nSPS) is 14.6. The Labute approximate surface area is 188 Å². The maximum atomic E-state index is 13.0. The molecule has 0 unspecified atom stereocenters. The molecule has 168 valence electrons. The number of H-pyrrole nitrogens is 1. The van der Waals surface area contributed by atoms with Gasteiger partial charge in [0.15, 0.2) is 0 Å². The van der Waals surface area contributed by atoms with Gasteiger partial charge in [0.2, 0.25) is 5.91 Å². The number of aromatic amines is 1. The van der Waals surface area contributed by atoms with Crippen molar-refractivity contribution in [2.75, 3.05) is 18.6 Å². The van der Waals surface area contributed by atoms with Crippen molar-refractivity contribution >= 4 is 28.5 Å². The van der Waals surface area contributed by atoms with Crippen LogP contribution in [0.5, 0.6) is 5.75 Å². The number of carbonyl (C=O) groups excluding carboxylic acids is 2. The van der Waals surface area contributed by atoms with Gasteiger partial charge in [0.25, 0.3) is 5.91 Å². The van der Waals surface area contributed by atoms with Crippen LogP contribution < -0.4 is 15.0 Å². The number of fused-ring (bicyclic) bond motifs is 2. The number of unbranched alkanes of at least 4 members (excludes halogenated alkanes) is 2. The standard InChI is InChI=1S/C25H30N4O3/c1-5-6-7-11-29-21-14-20-19(13-18(21)25(2,3)24(29)31)27-22(28-20)15-26-23(30)16-9-8-10-17(12-16)32-4/h8-10,12-14H,5-7,11,15H2,1-4H3,(H,26,30)(H,27,28). The number of benzene rings is 2. The minimum Gasteiger partial charge on any atom is -0.497 e. The molecule has 3 aromatic rings. The Bertz CT molecular complexity index is 1170. The van der Waals surface area contributed by atoms with Crippen LogP contribution in [0.15, 0.2) is 36.4 Å². The molecule has 0 atom stereocenters. The monoisotopic (exact) mass is 434 g/mol. The third-order valence-corrected chi connectivity index (χ3v) is 6.13. The van der Waals surface area contributed by atoms with Crippen LogP contribution in [0.2, 0.25) is 0 Å². The number of carbonyl (C=O) groups is 2. The van der Waals surface area contributed by atoms with E-state index in [2.05, 4.69) is 22.2 Å². The molecule has 2 aromatic carbocycles. The molecule has 0 aliphatic carbocycles. The van der Waals surface area contributed by atoms with Gasteiger partial charge in [0, 0.05) is 12.1 Å². The Morgan fingerprint density at radius 1 is 1.22 bits per heavy atom. The predicted octanol–water partition coefficient (Wildman–Crippen LogP) is 4.32. The number of amides is 2. The zero-order chi connectivity index (χ0) is 22.9. The Kier molecular flexibility index (Phi) is 5.91. The molecule has 2 amide bonds. The number of nitrogens with one attached hydrogen (secondary N) is 2. The maximum Gasteiger partial charge on any atom is 0.251 e. The van der Waals surface area contributed by atoms with Gasteiger partial charge in [-0.15, -0.1) is 0 Å². The molecule has 0 saturated heterocycles. The fourth-order valence-electron chi connectivity index (χ4n) is 4.24. The van der Waals surface area contributed by atoms with Gasteiger partial charge in [-0.3, -0.25) is 9.59 Å².